The van der Waals surface area contributed by atoms with Gasteiger partial charge >= 0.3 is 6.09 Å². The van der Waals surface area contributed by atoms with Crippen LogP contribution in [0.1, 0.15) is 74.4 Å². The van der Waals surface area contributed by atoms with Crippen LogP contribution < -0.4 is 11.1 Å². The topological polar surface area (TPSA) is 94.3 Å². The first-order valence-corrected chi connectivity index (χ1v) is 12.9. The minimum atomic E-state index is -0.510. The van der Waals surface area contributed by atoms with E-state index in [1.165, 1.54) is 0 Å². The molecule has 3 aromatic rings. The number of pyridine rings is 1. The second-order valence-electron chi connectivity index (χ2n) is 10.6. The third kappa shape index (κ3) is 7.24. The summed E-state index contributed by atoms with van der Waals surface area (Å²) in [5.74, 6) is 7.04. The maximum absolute atomic E-state index is 12.9. The van der Waals surface area contributed by atoms with Gasteiger partial charge in [-0.1, -0.05) is 41.6 Å². The summed E-state index contributed by atoms with van der Waals surface area (Å²) in [6, 6.07) is 13.0. The number of nitrogens with one attached hydrogen (secondary N) is 1. The van der Waals surface area contributed by atoms with Crippen molar-refractivity contribution >= 4 is 40.1 Å². The fourth-order valence-corrected chi connectivity index (χ4v) is 4.74. The number of anilines is 1. The zero-order valence-corrected chi connectivity index (χ0v) is 22.2. The Morgan fingerprint density at radius 2 is 1.78 bits per heavy atom. The highest BCUT2D eigenvalue weighted by Crippen LogP contribution is 2.29. The van der Waals surface area contributed by atoms with E-state index in [2.05, 4.69) is 22.1 Å². The zero-order chi connectivity index (χ0) is 26.6. The van der Waals surface area contributed by atoms with Crippen molar-refractivity contribution in [3.8, 4) is 11.8 Å². The predicted molar refractivity (Wildman–Crippen MR) is 148 cm³/mol. The van der Waals surface area contributed by atoms with Crippen LogP contribution in [-0.4, -0.2) is 28.5 Å². The number of carbonyl (C=O) groups excluding carboxylic acids is 2. The van der Waals surface area contributed by atoms with Crippen LogP contribution >= 0.6 is 11.6 Å². The Labute approximate surface area is 222 Å². The predicted octanol–water partition coefficient (Wildman–Crippen LogP) is 6.53. The molecule has 0 unspecified atom stereocenters. The molecule has 6 nitrogen and oxygen atoms in total. The van der Waals surface area contributed by atoms with Gasteiger partial charge in [0.25, 0.3) is 0 Å². The molecule has 4 rings (SSSR count). The molecule has 1 fully saturated rings. The second kappa shape index (κ2) is 11.2. The van der Waals surface area contributed by atoms with Gasteiger partial charge in [-0.25, -0.2) is 9.78 Å². The average Bonchev–Trinajstić information content (AvgIpc) is 2.84. The quantitative estimate of drug-likeness (QED) is 0.303. The Bertz CT molecular complexity index is 1350. The summed E-state index contributed by atoms with van der Waals surface area (Å²) in [4.78, 5) is 29.1. The second-order valence-corrected chi connectivity index (χ2v) is 11.0. The zero-order valence-electron chi connectivity index (χ0n) is 21.4. The number of fused-ring (bicyclic) bond motifs is 1. The van der Waals surface area contributed by atoms with Gasteiger partial charge in [0.1, 0.15) is 11.4 Å². The maximum atomic E-state index is 12.9. The van der Waals surface area contributed by atoms with Crippen molar-refractivity contribution in [2.45, 2.75) is 64.5 Å². The monoisotopic (exact) mass is 517 g/mol. The molecule has 0 spiro atoms. The summed E-state index contributed by atoms with van der Waals surface area (Å²) >= 11 is 6.16. The van der Waals surface area contributed by atoms with Crippen LogP contribution in [0.3, 0.4) is 0 Å². The fourth-order valence-electron chi connectivity index (χ4n) is 4.57. The number of aromatic nitrogens is 1. The van der Waals surface area contributed by atoms with E-state index < -0.39 is 5.60 Å². The lowest BCUT2D eigenvalue weighted by atomic mass is 9.82. The molecule has 192 valence electrons. The molecule has 1 aliphatic rings. The van der Waals surface area contributed by atoms with Gasteiger partial charge in [0.15, 0.2) is 5.78 Å². The normalized spacial score (nSPS) is 17.5. The molecule has 1 aromatic heterocycles. The van der Waals surface area contributed by atoms with Gasteiger partial charge in [0.2, 0.25) is 0 Å². The fraction of sp³-hybridized carbons (Fsp3) is 0.367. The maximum Gasteiger partial charge on any atom is 0.407 e. The lowest BCUT2D eigenvalue weighted by molar-refractivity contribution is 0.0485. The molecule has 2 aromatic carbocycles. The van der Waals surface area contributed by atoms with Crippen LogP contribution in [0.2, 0.25) is 5.02 Å². The molecule has 0 atom stereocenters. The number of nitrogens with zero attached hydrogens (tertiary/aromatic N) is 1. The van der Waals surface area contributed by atoms with Crippen molar-refractivity contribution in [1.29, 1.82) is 0 Å². The first-order chi connectivity index (χ1) is 17.6. The van der Waals surface area contributed by atoms with E-state index in [1.54, 1.807) is 12.3 Å². The number of ketones is 1. The summed E-state index contributed by atoms with van der Waals surface area (Å²) in [6.45, 7) is 5.55. The van der Waals surface area contributed by atoms with Crippen molar-refractivity contribution in [2.75, 3.05) is 5.73 Å². The van der Waals surface area contributed by atoms with Crippen LogP contribution in [0.25, 0.3) is 10.8 Å². The van der Waals surface area contributed by atoms with Gasteiger partial charge in [-0.05, 0) is 76.6 Å². The van der Waals surface area contributed by atoms with Crippen LogP contribution in [-0.2, 0) is 4.74 Å². The first-order valence-electron chi connectivity index (χ1n) is 12.6. The number of hydrogen-bond donors (Lipinski definition) is 2. The molecule has 0 bridgehead atoms. The number of nitrogens with two attached hydrogens (primary N) is 1. The van der Waals surface area contributed by atoms with Gasteiger partial charge in [0, 0.05) is 45.6 Å². The van der Waals surface area contributed by atoms with Crippen LogP contribution in [0.4, 0.5) is 10.6 Å². The largest absolute Gasteiger partial charge is 0.444 e. The standard InChI is InChI=1S/C30H32ClN3O3/c1-30(2,3)37-29(36)34-24-13-6-20(7-14-24)16-27(35)21-9-4-19(5-10-21)8-15-25-26-17-23(31)12-11-22(26)18-33-28(25)32/h4-5,9-12,17-18,20,24H,6-7,13-14,16H2,1-3H3,(H2,32,33)(H,34,36). The van der Waals surface area contributed by atoms with E-state index in [-0.39, 0.29) is 17.9 Å². The van der Waals surface area contributed by atoms with E-state index in [4.69, 9.17) is 22.1 Å². The van der Waals surface area contributed by atoms with E-state index in [1.807, 2.05) is 57.2 Å². The smallest absolute Gasteiger partial charge is 0.407 e. The van der Waals surface area contributed by atoms with Gasteiger partial charge in [-0.3, -0.25) is 4.79 Å². The number of amides is 1. The number of hydrogen-bond acceptors (Lipinski definition) is 5. The number of rotatable bonds is 4. The number of carbonyl (C=O) groups is 2. The Hall–Kier alpha value is -3.56. The average molecular weight is 518 g/mol. The Kier molecular flexibility index (Phi) is 8.04. The molecular formula is C30H32ClN3O3. The van der Waals surface area contributed by atoms with Crippen LogP contribution in [0, 0.1) is 17.8 Å². The Balaban J connectivity index is 1.34. The summed E-state index contributed by atoms with van der Waals surface area (Å²) in [6.07, 6.45) is 5.34. The SMILES string of the molecule is CC(C)(C)OC(=O)NC1CCC(CC(=O)c2ccc(C#Cc3c(N)ncc4ccc(Cl)cc34)cc2)CC1. The third-order valence-corrected chi connectivity index (χ3v) is 6.70. The molecule has 1 aliphatic carbocycles. The van der Waals surface area contributed by atoms with Crippen molar-refractivity contribution in [3.05, 3.63) is 70.4 Å². The first kappa shape index (κ1) is 26.5. The Morgan fingerprint density at radius 1 is 1.08 bits per heavy atom. The number of alkyl carbamates (subject to hydrolysis) is 1. The summed E-state index contributed by atoms with van der Waals surface area (Å²) in [7, 11) is 0. The van der Waals surface area contributed by atoms with Gasteiger partial charge in [-0.15, -0.1) is 0 Å². The molecule has 1 saturated carbocycles. The van der Waals surface area contributed by atoms with Crippen molar-refractivity contribution in [3.63, 3.8) is 0 Å². The molecule has 0 radical (unpaired) electrons. The summed E-state index contributed by atoms with van der Waals surface area (Å²) < 4.78 is 5.34. The number of benzene rings is 2. The highest BCUT2D eigenvalue weighted by atomic mass is 35.5. The molecule has 3 N–H and O–H groups in total. The van der Waals surface area contributed by atoms with E-state index in [0.717, 1.165) is 42.0 Å². The number of ether oxygens (including phenoxy) is 1. The lowest BCUT2D eigenvalue weighted by Gasteiger charge is -2.29. The van der Waals surface area contributed by atoms with Crippen molar-refractivity contribution in [1.82, 2.24) is 10.3 Å². The Morgan fingerprint density at radius 3 is 2.46 bits per heavy atom. The number of Topliss-reactive ketones (excluding diaryl/α,β-unsaturated/α-hetero) is 1. The molecular weight excluding hydrogens is 486 g/mol. The molecule has 1 heterocycles. The molecule has 0 aliphatic heterocycles. The van der Waals surface area contributed by atoms with E-state index in [0.29, 0.717) is 34.3 Å². The number of halogens is 1. The van der Waals surface area contributed by atoms with E-state index >= 15 is 0 Å². The molecule has 0 saturated heterocycles. The lowest BCUT2D eigenvalue weighted by Crippen LogP contribution is -2.41. The van der Waals surface area contributed by atoms with Crippen molar-refractivity contribution in [2.24, 2.45) is 5.92 Å². The minimum absolute atomic E-state index is 0.0982. The number of nitrogen functional groups attached to an aromatic ring is 1. The van der Waals surface area contributed by atoms with Gasteiger partial charge in [0.05, 0.1) is 5.56 Å². The highest BCUT2D eigenvalue weighted by molar-refractivity contribution is 6.31. The minimum Gasteiger partial charge on any atom is -0.444 e. The van der Waals surface area contributed by atoms with Crippen LogP contribution in [0.5, 0.6) is 0 Å². The molecule has 1 amide bonds. The third-order valence-electron chi connectivity index (χ3n) is 6.46. The summed E-state index contributed by atoms with van der Waals surface area (Å²) in [5, 5.41) is 5.33. The van der Waals surface area contributed by atoms with Crippen molar-refractivity contribution < 1.29 is 14.3 Å². The highest BCUT2D eigenvalue weighted by Gasteiger charge is 2.26. The summed E-state index contributed by atoms with van der Waals surface area (Å²) in [5.41, 5.74) is 7.67. The van der Waals surface area contributed by atoms with Gasteiger partial charge in [-0.2, -0.15) is 0 Å². The molecule has 7 heteroatoms. The van der Waals surface area contributed by atoms with Crippen LogP contribution in [0.15, 0.2) is 48.7 Å². The molecule has 37 heavy (non-hydrogen) atoms. The van der Waals surface area contributed by atoms with Gasteiger partial charge < -0.3 is 15.8 Å². The van der Waals surface area contributed by atoms with E-state index in [9.17, 15) is 9.59 Å².